The molecule has 1 unspecified atom stereocenters. The molecule has 1 aromatic carbocycles. The summed E-state index contributed by atoms with van der Waals surface area (Å²) >= 11 is 5.84. The second-order valence-electron chi connectivity index (χ2n) is 4.80. The number of hydrogen-bond donors (Lipinski definition) is 1. The van der Waals surface area contributed by atoms with Crippen LogP contribution in [0.4, 0.5) is 4.39 Å². The molecule has 0 aromatic heterocycles. The Morgan fingerprint density at radius 2 is 2.33 bits per heavy atom. The van der Waals surface area contributed by atoms with Crippen LogP contribution < -0.4 is 10.1 Å². The van der Waals surface area contributed by atoms with E-state index in [1.807, 2.05) is 0 Å². The van der Waals surface area contributed by atoms with Crippen molar-refractivity contribution in [3.05, 3.63) is 29.0 Å². The van der Waals surface area contributed by atoms with E-state index in [2.05, 4.69) is 12.2 Å². The van der Waals surface area contributed by atoms with Crippen molar-refractivity contribution in [2.75, 3.05) is 13.1 Å². The molecule has 0 aliphatic carbocycles. The van der Waals surface area contributed by atoms with Gasteiger partial charge < -0.3 is 10.1 Å². The summed E-state index contributed by atoms with van der Waals surface area (Å²) in [5.74, 6) is 0.689. The maximum atomic E-state index is 13.3. The number of halogens is 2. The highest BCUT2D eigenvalue weighted by Crippen LogP contribution is 2.26. The first-order valence-electron chi connectivity index (χ1n) is 6.52. The average Bonchev–Trinajstić information content (AvgIpc) is 2.80. The van der Waals surface area contributed by atoms with Crippen LogP contribution in [-0.4, -0.2) is 19.2 Å². The fourth-order valence-corrected chi connectivity index (χ4v) is 2.65. The van der Waals surface area contributed by atoms with Gasteiger partial charge in [-0.3, -0.25) is 0 Å². The van der Waals surface area contributed by atoms with Crippen LogP contribution in [-0.2, 0) is 0 Å². The normalized spacial score (nSPS) is 20.9. The van der Waals surface area contributed by atoms with Gasteiger partial charge in [-0.15, -0.1) is 0 Å². The zero-order valence-electron chi connectivity index (χ0n) is 10.6. The highest BCUT2D eigenvalue weighted by Gasteiger charge is 2.25. The summed E-state index contributed by atoms with van der Waals surface area (Å²) in [6.07, 6.45) is 3.31. The Bertz CT molecular complexity index is 373. The van der Waals surface area contributed by atoms with Crippen LogP contribution in [0.15, 0.2) is 18.2 Å². The number of hydrogen-bond acceptors (Lipinski definition) is 2. The lowest BCUT2D eigenvalue weighted by Crippen LogP contribution is -2.28. The second-order valence-corrected chi connectivity index (χ2v) is 5.24. The van der Waals surface area contributed by atoms with Crippen molar-refractivity contribution >= 4 is 11.6 Å². The van der Waals surface area contributed by atoms with Gasteiger partial charge in [-0.1, -0.05) is 24.9 Å². The van der Waals surface area contributed by atoms with E-state index in [1.54, 1.807) is 6.07 Å². The minimum absolute atomic E-state index is 0.142. The average molecular weight is 272 g/mol. The van der Waals surface area contributed by atoms with Crippen LogP contribution in [0.3, 0.4) is 0 Å². The van der Waals surface area contributed by atoms with E-state index in [4.69, 9.17) is 16.3 Å². The Morgan fingerprint density at radius 3 is 2.94 bits per heavy atom. The first kappa shape index (κ1) is 13.6. The van der Waals surface area contributed by atoms with Crippen LogP contribution >= 0.6 is 11.6 Å². The van der Waals surface area contributed by atoms with E-state index in [-0.39, 0.29) is 11.9 Å². The Kier molecular flexibility index (Phi) is 4.84. The number of benzene rings is 1. The molecular weight excluding hydrogens is 253 g/mol. The third-order valence-electron chi connectivity index (χ3n) is 3.32. The maximum Gasteiger partial charge on any atom is 0.128 e. The Morgan fingerprint density at radius 1 is 1.50 bits per heavy atom. The first-order valence-corrected chi connectivity index (χ1v) is 6.90. The quantitative estimate of drug-likeness (QED) is 0.883. The molecule has 100 valence electrons. The summed E-state index contributed by atoms with van der Waals surface area (Å²) in [4.78, 5) is 0. The van der Waals surface area contributed by atoms with E-state index in [0.29, 0.717) is 16.7 Å². The second kappa shape index (κ2) is 6.39. The summed E-state index contributed by atoms with van der Waals surface area (Å²) in [6.45, 7) is 4.16. The van der Waals surface area contributed by atoms with Crippen molar-refractivity contribution in [2.45, 2.75) is 32.3 Å². The number of ether oxygens (including phenoxy) is 1. The van der Waals surface area contributed by atoms with Gasteiger partial charge in [0.15, 0.2) is 0 Å². The summed E-state index contributed by atoms with van der Waals surface area (Å²) in [5.41, 5.74) is 0. The molecule has 2 atom stereocenters. The van der Waals surface area contributed by atoms with Crippen LogP contribution in [0.2, 0.25) is 5.02 Å². The summed E-state index contributed by atoms with van der Waals surface area (Å²) < 4.78 is 19.2. The van der Waals surface area contributed by atoms with Crippen molar-refractivity contribution in [1.29, 1.82) is 0 Å². The SMILES string of the molecule is CCC[C@H](Oc1cc(F)cc(Cl)c1)C1CCNC1. The first-order chi connectivity index (χ1) is 8.69. The van der Waals surface area contributed by atoms with Gasteiger partial charge in [0.1, 0.15) is 17.7 Å². The van der Waals surface area contributed by atoms with Gasteiger partial charge in [0.2, 0.25) is 0 Å². The largest absolute Gasteiger partial charge is 0.490 e. The zero-order chi connectivity index (χ0) is 13.0. The Labute approximate surface area is 112 Å². The molecule has 2 nitrogen and oxygen atoms in total. The molecule has 0 radical (unpaired) electrons. The molecule has 1 fully saturated rings. The maximum absolute atomic E-state index is 13.3. The lowest BCUT2D eigenvalue weighted by Gasteiger charge is -2.24. The lowest BCUT2D eigenvalue weighted by molar-refractivity contribution is 0.132. The van der Waals surface area contributed by atoms with Gasteiger partial charge >= 0.3 is 0 Å². The molecule has 1 heterocycles. The van der Waals surface area contributed by atoms with Crippen molar-refractivity contribution < 1.29 is 9.13 Å². The van der Waals surface area contributed by atoms with Crippen LogP contribution in [0.5, 0.6) is 5.75 Å². The van der Waals surface area contributed by atoms with E-state index in [0.717, 1.165) is 32.4 Å². The smallest absolute Gasteiger partial charge is 0.128 e. The van der Waals surface area contributed by atoms with E-state index >= 15 is 0 Å². The van der Waals surface area contributed by atoms with Gasteiger partial charge in [0.25, 0.3) is 0 Å². The van der Waals surface area contributed by atoms with Gasteiger partial charge in [-0.05, 0) is 31.5 Å². The van der Waals surface area contributed by atoms with Gasteiger partial charge in [0, 0.05) is 23.6 Å². The molecule has 0 saturated carbocycles. The molecule has 1 aliphatic rings. The third kappa shape index (κ3) is 3.59. The van der Waals surface area contributed by atoms with Crippen molar-refractivity contribution in [3.63, 3.8) is 0 Å². The van der Waals surface area contributed by atoms with Crippen LogP contribution in [0.1, 0.15) is 26.2 Å². The van der Waals surface area contributed by atoms with Crippen molar-refractivity contribution in [3.8, 4) is 5.75 Å². The number of rotatable bonds is 5. The molecule has 1 N–H and O–H groups in total. The standard InChI is InChI=1S/C14H19ClFNO/c1-2-3-14(10-4-5-17-9-10)18-13-7-11(15)6-12(16)8-13/h6-8,10,14,17H,2-5,9H2,1H3/t10?,14-/m0/s1. The zero-order valence-corrected chi connectivity index (χ0v) is 11.3. The minimum Gasteiger partial charge on any atom is -0.490 e. The molecule has 18 heavy (non-hydrogen) atoms. The fraction of sp³-hybridized carbons (Fsp3) is 0.571. The molecule has 1 aromatic rings. The van der Waals surface area contributed by atoms with E-state index in [9.17, 15) is 4.39 Å². The predicted octanol–water partition coefficient (Wildman–Crippen LogP) is 3.64. The molecule has 2 rings (SSSR count). The van der Waals surface area contributed by atoms with Gasteiger partial charge in [-0.2, -0.15) is 0 Å². The Hall–Kier alpha value is -0.800. The predicted molar refractivity (Wildman–Crippen MR) is 71.7 cm³/mol. The van der Waals surface area contributed by atoms with Crippen molar-refractivity contribution in [2.24, 2.45) is 5.92 Å². The summed E-state index contributed by atoms with van der Waals surface area (Å²) in [5, 5.41) is 3.72. The van der Waals surface area contributed by atoms with Crippen LogP contribution in [0.25, 0.3) is 0 Å². The Balaban J connectivity index is 2.07. The molecular formula is C14H19ClFNO. The molecule has 0 spiro atoms. The summed E-state index contributed by atoms with van der Waals surface area (Å²) in [7, 11) is 0. The fourth-order valence-electron chi connectivity index (χ4n) is 2.44. The van der Waals surface area contributed by atoms with E-state index < -0.39 is 0 Å². The minimum atomic E-state index is -0.350. The van der Waals surface area contributed by atoms with Gasteiger partial charge in [-0.25, -0.2) is 4.39 Å². The van der Waals surface area contributed by atoms with Crippen molar-refractivity contribution in [1.82, 2.24) is 5.32 Å². The highest BCUT2D eigenvalue weighted by molar-refractivity contribution is 6.30. The molecule has 1 saturated heterocycles. The highest BCUT2D eigenvalue weighted by atomic mass is 35.5. The van der Waals surface area contributed by atoms with E-state index in [1.165, 1.54) is 12.1 Å². The topological polar surface area (TPSA) is 21.3 Å². The van der Waals surface area contributed by atoms with Crippen LogP contribution in [0, 0.1) is 11.7 Å². The lowest BCUT2D eigenvalue weighted by atomic mass is 9.97. The third-order valence-corrected chi connectivity index (χ3v) is 3.54. The number of nitrogens with one attached hydrogen (secondary N) is 1. The monoisotopic (exact) mass is 271 g/mol. The summed E-state index contributed by atoms with van der Waals surface area (Å²) in [6, 6.07) is 4.37. The molecule has 4 heteroatoms. The molecule has 1 aliphatic heterocycles. The molecule has 0 bridgehead atoms. The molecule has 0 amide bonds. The van der Waals surface area contributed by atoms with Gasteiger partial charge in [0.05, 0.1) is 0 Å².